The van der Waals surface area contributed by atoms with Crippen molar-refractivity contribution in [1.29, 1.82) is 0 Å². The minimum Gasteiger partial charge on any atom is -0.497 e. The van der Waals surface area contributed by atoms with Crippen molar-refractivity contribution in [2.45, 2.75) is 13.1 Å². The number of methoxy groups -OCH3 is 1. The van der Waals surface area contributed by atoms with Gasteiger partial charge in [-0.05, 0) is 29.8 Å². The number of ether oxygens (including phenoxy) is 1. The predicted octanol–water partition coefficient (Wildman–Crippen LogP) is 2.79. The Morgan fingerprint density at radius 2 is 1.86 bits per heavy atom. The maximum atomic E-state index is 13.6. The molecule has 5 rings (SSSR count). The molecule has 35 heavy (non-hydrogen) atoms. The number of pyridine rings is 1. The lowest BCUT2D eigenvalue weighted by molar-refractivity contribution is 0.414. The summed E-state index contributed by atoms with van der Waals surface area (Å²) in [6, 6.07) is 19.8. The third-order valence-corrected chi connectivity index (χ3v) is 5.56. The lowest BCUT2D eigenvalue weighted by Gasteiger charge is -2.14. The highest BCUT2D eigenvalue weighted by Crippen LogP contribution is 2.23. The normalized spacial score (nSPS) is 11.0. The molecule has 0 bridgehead atoms. The molecule has 0 radical (unpaired) electrons. The Morgan fingerprint density at radius 3 is 2.60 bits per heavy atom. The monoisotopic (exact) mass is 470 g/mol. The molecule has 0 fully saturated rings. The van der Waals surface area contributed by atoms with Crippen LogP contribution in [0, 0.1) is 0 Å². The first-order chi connectivity index (χ1) is 17.0. The molecule has 0 amide bonds. The molecule has 10 nitrogen and oxygen atoms in total. The number of para-hydroxylation sites is 1. The molecule has 0 aliphatic rings. The number of fused-ring (bicyclic) bond motifs is 1. The lowest BCUT2D eigenvalue weighted by Crippen LogP contribution is -2.42. The average molecular weight is 470 g/mol. The summed E-state index contributed by atoms with van der Waals surface area (Å²) in [7, 11) is 1.57. The Bertz CT molecular complexity index is 1590. The SMILES string of the molecule is COc1ccc(Cn2c(=O)nc(NCc3cccnc3N)n(-c3cc4ccccc4o3)c2=O)cc1. The van der Waals surface area contributed by atoms with E-state index in [0.717, 1.165) is 15.5 Å². The van der Waals surface area contributed by atoms with Gasteiger partial charge in [-0.1, -0.05) is 36.4 Å². The van der Waals surface area contributed by atoms with Crippen LogP contribution in [0.3, 0.4) is 0 Å². The minimum atomic E-state index is -0.695. The largest absolute Gasteiger partial charge is 0.497 e. The van der Waals surface area contributed by atoms with Gasteiger partial charge in [0.1, 0.15) is 17.2 Å². The number of furan rings is 1. The molecular weight excluding hydrogens is 448 g/mol. The van der Waals surface area contributed by atoms with E-state index in [2.05, 4.69) is 15.3 Å². The summed E-state index contributed by atoms with van der Waals surface area (Å²) in [5.41, 5.74) is 6.69. The Morgan fingerprint density at radius 1 is 1.06 bits per heavy atom. The fraction of sp³-hybridized carbons (Fsp3) is 0.120. The first kappa shape index (κ1) is 22.0. The Balaban J connectivity index is 1.60. The number of aromatic nitrogens is 4. The van der Waals surface area contributed by atoms with E-state index in [1.807, 2.05) is 18.2 Å². The molecular formula is C25H22N6O4. The van der Waals surface area contributed by atoms with E-state index in [1.165, 1.54) is 4.57 Å². The van der Waals surface area contributed by atoms with Gasteiger partial charge in [0.2, 0.25) is 11.8 Å². The standard InChI is InChI=1S/C25H22N6O4/c1-34-19-10-8-16(9-11-19)15-30-24(32)29-23(28-14-18-6-4-12-27-22(18)26)31(25(30)33)21-13-17-5-2-3-7-20(17)35-21/h2-13H,14-15H2,1H3,(H2,26,27)(H,28,29,32). The van der Waals surface area contributed by atoms with Gasteiger partial charge in [0.15, 0.2) is 0 Å². The third-order valence-electron chi connectivity index (χ3n) is 5.56. The number of nitrogens with two attached hydrogens (primary N) is 1. The number of hydrogen-bond donors (Lipinski definition) is 2. The van der Waals surface area contributed by atoms with Crippen LogP contribution in [0.2, 0.25) is 0 Å². The summed E-state index contributed by atoms with van der Waals surface area (Å²) in [6.45, 7) is 0.235. The van der Waals surface area contributed by atoms with Crippen LogP contribution < -0.4 is 27.2 Å². The molecule has 2 aromatic carbocycles. The predicted molar refractivity (Wildman–Crippen MR) is 132 cm³/mol. The number of hydrogen-bond acceptors (Lipinski definition) is 8. The van der Waals surface area contributed by atoms with Crippen molar-refractivity contribution in [2.24, 2.45) is 0 Å². The average Bonchev–Trinajstić information content (AvgIpc) is 3.30. The molecule has 10 heteroatoms. The molecule has 3 heterocycles. The molecule has 0 saturated carbocycles. The first-order valence-electron chi connectivity index (χ1n) is 10.8. The van der Waals surface area contributed by atoms with Crippen molar-refractivity contribution in [3.63, 3.8) is 0 Å². The molecule has 3 N–H and O–H groups in total. The van der Waals surface area contributed by atoms with E-state index in [-0.39, 0.29) is 24.9 Å². The molecule has 5 aromatic rings. The fourth-order valence-corrected chi connectivity index (χ4v) is 3.71. The van der Waals surface area contributed by atoms with Gasteiger partial charge >= 0.3 is 11.4 Å². The zero-order valence-electron chi connectivity index (χ0n) is 18.8. The summed E-state index contributed by atoms with van der Waals surface area (Å²) in [5, 5.41) is 3.85. The zero-order valence-corrected chi connectivity index (χ0v) is 18.8. The van der Waals surface area contributed by atoms with Crippen LogP contribution >= 0.6 is 0 Å². The summed E-state index contributed by atoms with van der Waals surface area (Å²) < 4.78 is 13.4. The summed E-state index contributed by atoms with van der Waals surface area (Å²) in [4.78, 5) is 34.8. The van der Waals surface area contributed by atoms with Gasteiger partial charge in [-0.15, -0.1) is 0 Å². The molecule has 0 spiro atoms. The minimum absolute atomic E-state index is 0.0325. The van der Waals surface area contributed by atoms with Crippen LogP contribution in [0.25, 0.3) is 16.9 Å². The van der Waals surface area contributed by atoms with E-state index in [1.54, 1.807) is 61.8 Å². The van der Waals surface area contributed by atoms with Crippen molar-refractivity contribution >= 4 is 22.7 Å². The van der Waals surface area contributed by atoms with Crippen LogP contribution in [0.15, 0.2) is 86.9 Å². The zero-order chi connectivity index (χ0) is 24.4. The van der Waals surface area contributed by atoms with Crippen molar-refractivity contribution in [2.75, 3.05) is 18.2 Å². The van der Waals surface area contributed by atoms with Gasteiger partial charge in [-0.3, -0.25) is 0 Å². The van der Waals surface area contributed by atoms with Crippen LogP contribution in [0.4, 0.5) is 11.8 Å². The highest BCUT2D eigenvalue weighted by Gasteiger charge is 2.18. The summed E-state index contributed by atoms with van der Waals surface area (Å²) in [6.07, 6.45) is 1.59. The number of nitrogens with one attached hydrogen (secondary N) is 1. The number of nitrogen functional groups attached to an aromatic ring is 1. The van der Waals surface area contributed by atoms with E-state index in [9.17, 15) is 9.59 Å². The van der Waals surface area contributed by atoms with Crippen LogP contribution in [-0.2, 0) is 13.1 Å². The third kappa shape index (κ3) is 4.36. The number of benzene rings is 2. The number of rotatable bonds is 7. The van der Waals surface area contributed by atoms with Gasteiger partial charge in [0.25, 0.3) is 0 Å². The van der Waals surface area contributed by atoms with Crippen LogP contribution in [0.5, 0.6) is 5.75 Å². The van der Waals surface area contributed by atoms with Crippen LogP contribution in [0.1, 0.15) is 11.1 Å². The maximum absolute atomic E-state index is 13.6. The Kier molecular flexibility index (Phi) is 5.76. The highest BCUT2D eigenvalue weighted by atomic mass is 16.5. The van der Waals surface area contributed by atoms with Gasteiger partial charge in [0, 0.05) is 29.8 Å². The second-order valence-electron chi connectivity index (χ2n) is 7.79. The maximum Gasteiger partial charge on any atom is 0.355 e. The van der Waals surface area contributed by atoms with Crippen molar-refractivity contribution in [1.82, 2.24) is 19.1 Å². The fourth-order valence-electron chi connectivity index (χ4n) is 3.71. The van der Waals surface area contributed by atoms with E-state index >= 15 is 0 Å². The molecule has 0 atom stereocenters. The Labute approximate surface area is 199 Å². The van der Waals surface area contributed by atoms with E-state index in [0.29, 0.717) is 22.7 Å². The van der Waals surface area contributed by atoms with Gasteiger partial charge in [-0.2, -0.15) is 9.55 Å². The second kappa shape index (κ2) is 9.18. The van der Waals surface area contributed by atoms with E-state index < -0.39 is 11.4 Å². The molecule has 3 aromatic heterocycles. The van der Waals surface area contributed by atoms with Crippen molar-refractivity contribution < 1.29 is 9.15 Å². The van der Waals surface area contributed by atoms with Crippen molar-refractivity contribution in [3.05, 3.63) is 105 Å². The topological polar surface area (TPSA) is 130 Å². The first-order valence-corrected chi connectivity index (χ1v) is 10.8. The summed E-state index contributed by atoms with van der Waals surface area (Å²) >= 11 is 0. The highest BCUT2D eigenvalue weighted by molar-refractivity contribution is 5.79. The summed E-state index contributed by atoms with van der Waals surface area (Å²) in [5.74, 6) is 1.28. The molecule has 0 saturated heterocycles. The second-order valence-corrected chi connectivity index (χ2v) is 7.79. The van der Waals surface area contributed by atoms with Gasteiger partial charge in [0.05, 0.1) is 13.7 Å². The number of nitrogens with zero attached hydrogens (tertiary/aromatic N) is 4. The molecule has 0 unspecified atom stereocenters. The molecule has 0 aliphatic carbocycles. The number of anilines is 2. The van der Waals surface area contributed by atoms with Crippen molar-refractivity contribution in [3.8, 4) is 11.6 Å². The van der Waals surface area contributed by atoms with Gasteiger partial charge < -0.3 is 20.2 Å². The van der Waals surface area contributed by atoms with E-state index in [4.69, 9.17) is 14.9 Å². The Hall–Kier alpha value is -4.86. The molecule has 176 valence electrons. The molecule has 0 aliphatic heterocycles. The van der Waals surface area contributed by atoms with Gasteiger partial charge in [-0.25, -0.2) is 19.1 Å². The van der Waals surface area contributed by atoms with Crippen LogP contribution in [-0.4, -0.2) is 26.2 Å². The lowest BCUT2D eigenvalue weighted by atomic mass is 10.2. The smallest absolute Gasteiger partial charge is 0.355 e. The quantitative estimate of drug-likeness (QED) is 0.371.